The Bertz CT molecular complexity index is 544. The summed E-state index contributed by atoms with van der Waals surface area (Å²) in [6.45, 7) is 4.47. The fourth-order valence-corrected chi connectivity index (χ4v) is 3.12. The monoisotopic (exact) mass is 303 g/mol. The van der Waals surface area contributed by atoms with Gasteiger partial charge in [0.1, 0.15) is 6.04 Å². The molecule has 0 aromatic heterocycles. The van der Waals surface area contributed by atoms with Crippen LogP contribution in [0, 0.1) is 6.92 Å². The van der Waals surface area contributed by atoms with Crippen molar-refractivity contribution in [3.05, 3.63) is 35.4 Å². The van der Waals surface area contributed by atoms with Gasteiger partial charge in [0.2, 0.25) is 5.91 Å². The molecule has 0 spiro atoms. The zero-order valence-electron chi connectivity index (χ0n) is 13.3. The summed E-state index contributed by atoms with van der Waals surface area (Å²) in [4.78, 5) is 25.6. The quantitative estimate of drug-likeness (QED) is 0.900. The summed E-state index contributed by atoms with van der Waals surface area (Å²) in [5.74, 6) is -0.0628. The number of aryl methyl sites for hydroxylation is 1. The number of nitrogens with two attached hydrogens (primary N) is 1. The van der Waals surface area contributed by atoms with Crippen LogP contribution in [0.25, 0.3) is 0 Å². The summed E-state index contributed by atoms with van der Waals surface area (Å²) in [6.07, 6.45) is 4.19. The molecule has 5 heteroatoms. The van der Waals surface area contributed by atoms with E-state index in [9.17, 15) is 9.59 Å². The van der Waals surface area contributed by atoms with Crippen LogP contribution in [-0.2, 0) is 4.79 Å². The van der Waals surface area contributed by atoms with Crippen LogP contribution in [0.4, 0.5) is 4.79 Å². The first-order valence-electron chi connectivity index (χ1n) is 7.92. The lowest BCUT2D eigenvalue weighted by Crippen LogP contribution is -2.49. The summed E-state index contributed by atoms with van der Waals surface area (Å²) >= 11 is 0. The molecule has 5 nitrogen and oxygen atoms in total. The van der Waals surface area contributed by atoms with Crippen molar-refractivity contribution in [3.8, 4) is 0 Å². The number of hydrogen-bond acceptors (Lipinski definition) is 2. The molecule has 1 aromatic carbocycles. The van der Waals surface area contributed by atoms with E-state index in [1.807, 2.05) is 11.0 Å². The predicted molar refractivity (Wildman–Crippen MR) is 86.3 cm³/mol. The molecule has 1 aromatic rings. The van der Waals surface area contributed by atoms with Crippen molar-refractivity contribution in [2.75, 3.05) is 6.54 Å². The van der Waals surface area contributed by atoms with Gasteiger partial charge < -0.3 is 16.0 Å². The van der Waals surface area contributed by atoms with Crippen LogP contribution in [0.3, 0.4) is 0 Å². The second-order valence-corrected chi connectivity index (χ2v) is 6.04. The van der Waals surface area contributed by atoms with Crippen LogP contribution in [0.15, 0.2) is 24.3 Å². The Morgan fingerprint density at radius 1 is 1.32 bits per heavy atom. The Hall–Kier alpha value is -2.04. The molecule has 1 saturated heterocycles. The number of carbonyl (C=O) groups excluding carboxylic acids is 2. The van der Waals surface area contributed by atoms with Crippen LogP contribution in [0.2, 0.25) is 0 Å². The molecular formula is C17H25N3O2. The molecule has 0 saturated carbocycles. The highest BCUT2D eigenvalue weighted by molar-refractivity contribution is 5.86. The minimum Gasteiger partial charge on any atom is -0.352 e. The first kappa shape index (κ1) is 16.3. The Balaban J connectivity index is 2.24. The molecule has 3 amide bonds. The Morgan fingerprint density at radius 3 is 2.77 bits per heavy atom. The summed E-state index contributed by atoms with van der Waals surface area (Å²) in [7, 11) is 0. The average Bonchev–Trinajstić information content (AvgIpc) is 2.71. The molecule has 3 N–H and O–H groups in total. The van der Waals surface area contributed by atoms with E-state index in [0.29, 0.717) is 0 Å². The standard InChI is InChI=1S/C17H25N3O2/c1-12-7-6-8-14(11-12)15-9-4-3-5-10-20(15)16(21)13(2)19-17(18)22/h6-8,11,13,15H,3-5,9-10H2,1-2H3,(H3,18,19,22)/t13-,15+/m0/s1. The number of urea groups is 1. The van der Waals surface area contributed by atoms with Crippen molar-refractivity contribution in [1.82, 2.24) is 10.2 Å². The second kappa shape index (κ2) is 7.29. The third kappa shape index (κ3) is 4.00. The molecule has 120 valence electrons. The number of benzene rings is 1. The van der Waals surface area contributed by atoms with Crippen molar-refractivity contribution in [2.45, 2.75) is 51.6 Å². The first-order chi connectivity index (χ1) is 10.5. The zero-order valence-corrected chi connectivity index (χ0v) is 13.3. The topological polar surface area (TPSA) is 75.4 Å². The number of carbonyl (C=O) groups is 2. The van der Waals surface area contributed by atoms with Gasteiger partial charge in [0, 0.05) is 6.54 Å². The maximum atomic E-state index is 12.7. The molecule has 0 unspecified atom stereocenters. The van der Waals surface area contributed by atoms with Crippen LogP contribution >= 0.6 is 0 Å². The molecule has 1 aliphatic heterocycles. The lowest BCUT2D eigenvalue weighted by atomic mass is 9.98. The lowest BCUT2D eigenvalue weighted by molar-refractivity contribution is -0.135. The van der Waals surface area contributed by atoms with Gasteiger partial charge in [-0.15, -0.1) is 0 Å². The molecule has 0 bridgehead atoms. The zero-order chi connectivity index (χ0) is 16.1. The average molecular weight is 303 g/mol. The number of rotatable bonds is 3. The minimum atomic E-state index is -0.664. The number of amides is 3. The van der Waals surface area contributed by atoms with Gasteiger partial charge in [0.05, 0.1) is 6.04 Å². The van der Waals surface area contributed by atoms with E-state index in [1.54, 1.807) is 6.92 Å². The minimum absolute atomic E-state index is 0.0628. The number of nitrogens with zero attached hydrogens (tertiary/aromatic N) is 1. The normalized spacial score (nSPS) is 20.1. The predicted octanol–water partition coefficient (Wildman–Crippen LogP) is 2.50. The van der Waals surface area contributed by atoms with Crippen LogP contribution in [0.1, 0.15) is 49.8 Å². The van der Waals surface area contributed by atoms with Crippen LogP contribution in [-0.4, -0.2) is 29.4 Å². The molecule has 2 rings (SSSR count). The molecule has 0 radical (unpaired) electrons. The fraction of sp³-hybridized carbons (Fsp3) is 0.529. The number of nitrogens with one attached hydrogen (secondary N) is 1. The Kier molecular flexibility index (Phi) is 5.41. The van der Waals surface area contributed by atoms with Crippen molar-refractivity contribution in [1.29, 1.82) is 0 Å². The molecule has 1 fully saturated rings. The van der Waals surface area contributed by atoms with Gasteiger partial charge in [0.25, 0.3) is 0 Å². The molecule has 0 aliphatic carbocycles. The van der Waals surface area contributed by atoms with Crippen LogP contribution in [0.5, 0.6) is 0 Å². The molecule has 22 heavy (non-hydrogen) atoms. The fourth-order valence-electron chi connectivity index (χ4n) is 3.12. The number of likely N-dealkylation sites (tertiary alicyclic amines) is 1. The SMILES string of the molecule is Cc1cccc([C@H]2CCCCCN2C(=O)[C@H](C)NC(N)=O)c1. The molecule has 2 atom stereocenters. The highest BCUT2D eigenvalue weighted by Crippen LogP contribution is 2.31. The van der Waals surface area contributed by atoms with Gasteiger partial charge in [-0.2, -0.15) is 0 Å². The Labute approximate surface area is 131 Å². The molecular weight excluding hydrogens is 278 g/mol. The summed E-state index contributed by atoms with van der Waals surface area (Å²) in [5.41, 5.74) is 7.50. The van der Waals surface area contributed by atoms with Gasteiger partial charge in [-0.25, -0.2) is 4.79 Å². The first-order valence-corrected chi connectivity index (χ1v) is 7.92. The molecule has 1 heterocycles. The van der Waals surface area contributed by atoms with Gasteiger partial charge >= 0.3 is 6.03 Å². The van der Waals surface area contributed by atoms with Gasteiger partial charge in [0.15, 0.2) is 0 Å². The van der Waals surface area contributed by atoms with E-state index in [1.165, 1.54) is 11.1 Å². The highest BCUT2D eigenvalue weighted by atomic mass is 16.2. The van der Waals surface area contributed by atoms with Crippen LogP contribution < -0.4 is 11.1 Å². The summed E-state index contributed by atoms with van der Waals surface area (Å²) < 4.78 is 0. The smallest absolute Gasteiger partial charge is 0.312 e. The summed E-state index contributed by atoms with van der Waals surface area (Å²) in [6, 6.07) is 7.13. The second-order valence-electron chi connectivity index (χ2n) is 6.04. The third-order valence-electron chi connectivity index (χ3n) is 4.19. The van der Waals surface area contributed by atoms with Crippen molar-refractivity contribution >= 4 is 11.9 Å². The maximum Gasteiger partial charge on any atom is 0.312 e. The van der Waals surface area contributed by atoms with Crippen molar-refractivity contribution in [3.63, 3.8) is 0 Å². The number of primary amides is 1. The van der Waals surface area contributed by atoms with E-state index >= 15 is 0 Å². The molecule has 1 aliphatic rings. The van der Waals surface area contributed by atoms with Gasteiger partial charge in [-0.3, -0.25) is 4.79 Å². The van der Waals surface area contributed by atoms with E-state index in [2.05, 4.69) is 30.4 Å². The van der Waals surface area contributed by atoms with Crippen molar-refractivity contribution < 1.29 is 9.59 Å². The van der Waals surface area contributed by atoms with Crippen molar-refractivity contribution in [2.24, 2.45) is 5.73 Å². The third-order valence-corrected chi connectivity index (χ3v) is 4.19. The number of hydrogen-bond donors (Lipinski definition) is 2. The van der Waals surface area contributed by atoms with E-state index in [-0.39, 0.29) is 11.9 Å². The largest absolute Gasteiger partial charge is 0.352 e. The van der Waals surface area contributed by atoms with E-state index in [4.69, 9.17) is 5.73 Å². The Morgan fingerprint density at radius 2 is 2.09 bits per heavy atom. The van der Waals surface area contributed by atoms with E-state index < -0.39 is 12.1 Å². The van der Waals surface area contributed by atoms with Gasteiger partial charge in [-0.05, 0) is 32.3 Å². The van der Waals surface area contributed by atoms with Gasteiger partial charge in [-0.1, -0.05) is 42.7 Å². The summed E-state index contributed by atoms with van der Waals surface area (Å²) in [5, 5.41) is 2.49. The highest BCUT2D eigenvalue weighted by Gasteiger charge is 2.30. The van der Waals surface area contributed by atoms with E-state index in [0.717, 1.165) is 32.2 Å². The maximum absolute atomic E-state index is 12.7. The lowest BCUT2D eigenvalue weighted by Gasteiger charge is -2.32.